The number of thiazole rings is 1. The van der Waals surface area contributed by atoms with E-state index in [4.69, 9.17) is 4.98 Å². The van der Waals surface area contributed by atoms with Crippen LogP contribution in [0.5, 0.6) is 0 Å². The van der Waals surface area contributed by atoms with Crippen molar-refractivity contribution in [3.8, 4) is 21.7 Å². The molecule has 3 aliphatic rings. The van der Waals surface area contributed by atoms with Gasteiger partial charge in [0.1, 0.15) is 6.04 Å². The molecule has 6 rings (SSSR count). The smallest absolute Gasteiger partial charge is 0.255 e. The summed E-state index contributed by atoms with van der Waals surface area (Å²) < 4.78 is 0. The Balaban J connectivity index is 1.36. The minimum absolute atomic E-state index is 0.152. The van der Waals surface area contributed by atoms with E-state index >= 15 is 0 Å². The summed E-state index contributed by atoms with van der Waals surface area (Å²) in [4.78, 5) is 44.6. The molecule has 1 aromatic heterocycles. The average molecular weight is 444 g/mol. The number of aromatic nitrogens is 1. The van der Waals surface area contributed by atoms with Crippen LogP contribution in [0, 0.1) is 0 Å². The Hall–Kier alpha value is -3.32. The Labute approximate surface area is 189 Å². The Morgan fingerprint density at radius 2 is 1.78 bits per heavy atom. The van der Waals surface area contributed by atoms with Gasteiger partial charge in [-0.25, -0.2) is 4.98 Å². The van der Waals surface area contributed by atoms with Crippen LogP contribution in [0.2, 0.25) is 0 Å². The first kappa shape index (κ1) is 19.4. The van der Waals surface area contributed by atoms with Crippen LogP contribution in [0.15, 0.2) is 48.5 Å². The van der Waals surface area contributed by atoms with Crippen LogP contribution in [-0.4, -0.2) is 33.6 Å². The monoisotopic (exact) mass is 443 g/mol. The van der Waals surface area contributed by atoms with Gasteiger partial charge in [0.25, 0.3) is 5.91 Å². The van der Waals surface area contributed by atoms with Gasteiger partial charge in [-0.2, -0.15) is 0 Å². The molecular weight excluding hydrogens is 422 g/mol. The number of carbonyl (C=O) groups is 3. The van der Waals surface area contributed by atoms with Crippen molar-refractivity contribution in [2.45, 2.75) is 44.2 Å². The average Bonchev–Trinajstić information content (AvgIpc) is 3.47. The molecule has 0 radical (unpaired) electrons. The van der Waals surface area contributed by atoms with Gasteiger partial charge in [-0.1, -0.05) is 36.4 Å². The Bertz CT molecular complexity index is 1260. The molecule has 1 unspecified atom stereocenters. The van der Waals surface area contributed by atoms with Gasteiger partial charge in [0.2, 0.25) is 11.8 Å². The van der Waals surface area contributed by atoms with Crippen molar-refractivity contribution in [1.29, 1.82) is 0 Å². The predicted molar refractivity (Wildman–Crippen MR) is 121 cm³/mol. The third kappa shape index (κ3) is 3.24. The van der Waals surface area contributed by atoms with E-state index in [2.05, 4.69) is 17.4 Å². The minimum atomic E-state index is -0.600. The summed E-state index contributed by atoms with van der Waals surface area (Å²) in [6, 6.07) is 15.5. The fourth-order valence-electron chi connectivity index (χ4n) is 4.54. The highest BCUT2D eigenvalue weighted by Gasteiger charge is 2.39. The summed E-state index contributed by atoms with van der Waals surface area (Å²) in [6.07, 6.45) is 3.01. The Morgan fingerprint density at radius 3 is 2.53 bits per heavy atom. The van der Waals surface area contributed by atoms with Gasteiger partial charge in [0, 0.05) is 30.0 Å². The molecule has 1 aliphatic carbocycles. The van der Waals surface area contributed by atoms with Gasteiger partial charge in [0.05, 0.1) is 15.6 Å². The quantitative estimate of drug-likeness (QED) is 0.616. The molecule has 3 heterocycles. The van der Waals surface area contributed by atoms with E-state index in [1.807, 2.05) is 36.4 Å². The lowest BCUT2D eigenvalue weighted by molar-refractivity contribution is -0.136. The molecule has 1 N–H and O–H groups in total. The van der Waals surface area contributed by atoms with Gasteiger partial charge >= 0.3 is 0 Å². The maximum Gasteiger partial charge on any atom is 0.255 e. The van der Waals surface area contributed by atoms with E-state index in [0.29, 0.717) is 24.4 Å². The largest absolute Gasteiger partial charge is 0.322 e. The molecule has 160 valence electrons. The molecule has 1 atom stereocenters. The molecule has 2 aliphatic heterocycles. The summed E-state index contributed by atoms with van der Waals surface area (Å²) in [5.41, 5.74) is 4.62. The third-order valence-electron chi connectivity index (χ3n) is 6.40. The number of benzene rings is 2. The molecule has 2 fully saturated rings. The molecule has 32 heavy (non-hydrogen) atoms. The number of imide groups is 1. The first-order valence-corrected chi connectivity index (χ1v) is 11.7. The maximum absolute atomic E-state index is 13.0. The lowest BCUT2D eigenvalue weighted by atomic mass is 10.0. The molecule has 3 amide bonds. The van der Waals surface area contributed by atoms with E-state index in [0.717, 1.165) is 27.3 Å². The van der Waals surface area contributed by atoms with Crippen LogP contribution in [0.3, 0.4) is 0 Å². The summed E-state index contributed by atoms with van der Waals surface area (Å²) in [6.45, 7) is 0.370. The van der Waals surface area contributed by atoms with Crippen molar-refractivity contribution >= 4 is 29.1 Å². The second-order valence-electron chi connectivity index (χ2n) is 8.64. The highest BCUT2D eigenvalue weighted by molar-refractivity contribution is 7.15. The second-order valence-corrected chi connectivity index (χ2v) is 9.67. The van der Waals surface area contributed by atoms with E-state index in [-0.39, 0.29) is 24.1 Å². The highest BCUT2D eigenvalue weighted by Crippen LogP contribution is 2.47. The minimum Gasteiger partial charge on any atom is -0.322 e. The lowest BCUT2D eigenvalue weighted by Crippen LogP contribution is -2.52. The number of carbonyl (C=O) groups excluding carboxylic acids is 3. The zero-order chi connectivity index (χ0) is 21.8. The van der Waals surface area contributed by atoms with Crippen molar-refractivity contribution in [3.05, 3.63) is 64.7 Å². The number of nitrogens with one attached hydrogen (secondary N) is 1. The van der Waals surface area contributed by atoms with E-state index < -0.39 is 6.04 Å². The SMILES string of the molecule is O=C1CCC(N2Cc3cc(-c4nc(C5CC5)sc4-c4ccccc4)ccc3C2=O)C(=O)N1. The third-order valence-corrected chi connectivity index (χ3v) is 7.67. The molecule has 0 spiro atoms. The molecule has 6 nitrogen and oxygen atoms in total. The molecule has 2 aromatic carbocycles. The van der Waals surface area contributed by atoms with Gasteiger partial charge in [-0.15, -0.1) is 11.3 Å². The molecule has 3 aromatic rings. The summed E-state index contributed by atoms with van der Waals surface area (Å²) in [5, 5.41) is 3.54. The summed E-state index contributed by atoms with van der Waals surface area (Å²) >= 11 is 1.76. The molecular formula is C25H21N3O3S. The maximum atomic E-state index is 13.0. The zero-order valence-corrected chi connectivity index (χ0v) is 18.2. The molecule has 1 saturated heterocycles. The predicted octanol–water partition coefficient (Wildman–Crippen LogP) is 4.12. The summed E-state index contributed by atoms with van der Waals surface area (Å²) in [7, 11) is 0. The fourth-order valence-corrected chi connectivity index (χ4v) is 5.81. The van der Waals surface area contributed by atoms with Crippen LogP contribution in [-0.2, 0) is 16.1 Å². The highest BCUT2D eigenvalue weighted by atomic mass is 32.1. The number of hydrogen-bond acceptors (Lipinski definition) is 5. The topological polar surface area (TPSA) is 79.4 Å². The van der Waals surface area contributed by atoms with Crippen LogP contribution < -0.4 is 5.32 Å². The van der Waals surface area contributed by atoms with Crippen molar-refractivity contribution < 1.29 is 14.4 Å². The summed E-state index contributed by atoms with van der Waals surface area (Å²) in [5.74, 6) is -0.250. The number of amides is 3. The van der Waals surface area contributed by atoms with Crippen LogP contribution in [0.4, 0.5) is 0 Å². The lowest BCUT2D eigenvalue weighted by Gasteiger charge is -2.29. The van der Waals surface area contributed by atoms with Crippen LogP contribution in [0.25, 0.3) is 21.7 Å². The van der Waals surface area contributed by atoms with Crippen molar-refractivity contribution in [3.63, 3.8) is 0 Å². The van der Waals surface area contributed by atoms with Gasteiger partial charge in [0.15, 0.2) is 0 Å². The Kier molecular flexibility index (Phi) is 4.47. The zero-order valence-electron chi connectivity index (χ0n) is 17.3. The fraction of sp³-hybridized carbons (Fsp3) is 0.280. The van der Waals surface area contributed by atoms with Crippen molar-refractivity contribution in [2.24, 2.45) is 0 Å². The number of piperidine rings is 1. The molecule has 0 bridgehead atoms. The first-order chi connectivity index (χ1) is 15.6. The van der Waals surface area contributed by atoms with Crippen LogP contribution in [0.1, 0.15) is 52.5 Å². The van der Waals surface area contributed by atoms with Crippen LogP contribution >= 0.6 is 11.3 Å². The first-order valence-electron chi connectivity index (χ1n) is 10.9. The number of nitrogens with zero attached hydrogens (tertiary/aromatic N) is 2. The van der Waals surface area contributed by atoms with Crippen molar-refractivity contribution in [2.75, 3.05) is 0 Å². The normalized spacial score (nSPS) is 20.4. The van der Waals surface area contributed by atoms with Crippen molar-refractivity contribution in [1.82, 2.24) is 15.2 Å². The van der Waals surface area contributed by atoms with Gasteiger partial charge in [-0.3, -0.25) is 19.7 Å². The van der Waals surface area contributed by atoms with Gasteiger partial charge in [-0.05, 0) is 42.5 Å². The number of rotatable bonds is 4. The van der Waals surface area contributed by atoms with Gasteiger partial charge < -0.3 is 4.90 Å². The van der Waals surface area contributed by atoms with E-state index in [9.17, 15) is 14.4 Å². The second kappa shape index (κ2) is 7.38. The van der Waals surface area contributed by atoms with E-state index in [1.165, 1.54) is 17.8 Å². The van der Waals surface area contributed by atoms with E-state index in [1.54, 1.807) is 16.2 Å². The number of fused-ring (bicyclic) bond motifs is 1. The number of hydrogen-bond donors (Lipinski definition) is 1. The Morgan fingerprint density at radius 1 is 0.969 bits per heavy atom. The standard InChI is InChI=1S/C25H21N3O3S/c29-20-11-10-19(23(30)26-20)28-13-17-12-16(8-9-18(17)25(28)31)21-22(14-4-2-1-3-5-14)32-24(27-21)15-6-7-15/h1-5,8-9,12,15,19H,6-7,10-11,13H2,(H,26,29,30). The molecule has 1 saturated carbocycles. The molecule has 7 heteroatoms.